The molecule has 164 valence electrons. The Morgan fingerprint density at radius 1 is 0.906 bits per heavy atom. The van der Waals surface area contributed by atoms with Crippen molar-refractivity contribution in [3.63, 3.8) is 0 Å². The molecule has 4 rings (SSSR count). The predicted octanol–water partition coefficient (Wildman–Crippen LogP) is 4.41. The Bertz CT molecular complexity index is 1050. The first-order valence-corrected chi connectivity index (χ1v) is 10.9. The zero-order chi connectivity index (χ0) is 22.5. The van der Waals surface area contributed by atoms with Crippen molar-refractivity contribution in [2.24, 2.45) is 0 Å². The molecule has 0 spiro atoms. The monoisotopic (exact) mass is 428 g/mol. The van der Waals surface area contributed by atoms with E-state index < -0.39 is 6.04 Å². The van der Waals surface area contributed by atoms with Crippen molar-refractivity contribution in [3.8, 4) is 5.75 Å². The Kier molecular flexibility index (Phi) is 6.55. The highest BCUT2D eigenvalue weighted by Gasteiger charge is 2.42. The van der Waals surface area contributed by atoms with E-state index >= 15 is 0 Å². The van der Waals surface area contributed by atoms with Crippen LogP contribution in [0.3, 0.4) is 0 Å². The Labute approximate surface area is 189 Å². The van der Waals surface area contributed by atoms with Gasteiger partial charge in [0, 0.05) is 6.54 Å². The van der Waals surface area contributed by atoms with Crippen LogP contribution in [0.15, 0.2) is 84.9 Å². The van der Waals surface area contributed by atoms with Crippen molar-refractivity contribution >= 4 is 11.8 Å². The van der Waals surface area contributed by atoms with Crippen LogP contribution in [0.1, 0.15) is 35.7 Å². The lowest BCUT2D eigenvalue weighted by atomic mass is 9.96. The van der Waals surface area contributed by atoms with Crippen LogP contribution in [0.2, 0.25) is 0 Å². The summed E-state index contributed by atoms with van der Waals surface area (Å²) in [7, 11) is 1.61. The van der Waals surface area contributed by atoms with Gasteiger partial charge in [0.25, 0.3) is 5.91 Å². The summed E-state index contributed by atoms with van der Waals surface area (Å²) in [6.07, 6.45) is 0.712. The van der Waals surface area contributed by atoms with E-state index in [2.05, 4.69) is 0 Å². The minimum absolute atomic E-state index is 0.0465. The molecular weight excluding hydrogens is 400 g/mol. The SMILES string of the molecule is COc1ccc([C@H]2C(=O)N(CCc3ccccc3)CC(=O)N2[C@@H](C)c2ccccc2)cc1. The Balaban J connectivity index is 1.65. The van der Waals surface area contributed by atoms with Gasteiger partial charge in [-0.15, -0.1) is 0 Å². The molecule has 5 nitrogen and oxygen atoms in total. The van der Waals surface area contributed by atoms with Gasteiger partial charge in [-0.3, -0.25) is 9.59 Å². The van der Waals surface area contributed by atoms with Crippen LogP contribution < -0.4 is 4.74 Å². The molecule has 2 atom stereocenters. The van der Waals surface area contributed by atoms with Crippen LogP contribution in [-0.4, -0.2) is 41.8 Å². The third-order valence-corrected chi connectivity index (χ3v) is 6.08. The van der Waals surface area contributed by atoms with E-state index in [1.165, 1.54) is 0 Å². The van der Waals surface area contributed by atoms with Crippen molar-refractivity contribution < 1.29 is 14.3 Å². The molecule has 3 aromatic carbocycles. The van der Waals surface area contributed by atoms with Crippen LogP contribution in [0.4, 0.5) is 0 Å². The van der Waals surface area contributed by atoms with Gasteiger partial charge in [0.05, 0.1) is 19.7 Å². The topological polar surface area (TPSA) is 49.9 Å². The van der Waals surface area contributed by atoms with E-state index in [1.54, 1.807) is 16.9 Å². The summed E-state index contributed by atoms with van der Waals surface area (Å²) >= 11 is 0. The third-order valence-electron chi connectivity index (χ3n) is 6.08. The Morgan fingerprint density at radius 2 is 1.53 bits per heavy atom. The maximum absolute atomic E-state index is 13.7. The van der Waals surface area contributed by atoms with Crippen LogP contribution in [0.25, 0.3) is 0 Å². The molecule has 1 heterocycles. The summed E-state index contributed by atoms with van der Waals surface area (Å²) in [5, 5.41) is 0. The van der Waals surface area contributed by atoms with E-state index in [0.717, 1.165) is 16.7 Å². The Morgan fingerprint density at radius 3 is 2.16 bits per heavy atom. The van der Waals surface area contributed by atoms with Gasteiger partial charge in [-0.1, -0.05) is 72.8 Å². The predicted molar refractivity (Wildman–Crippen MR) is 124 cm³/mol. The van der Waals surface area contributed by atoms with Crippen molar-refractivity contribution in [2.45, 2.75) is 25.4 Å². The molecule has 32 heavy (non-hydrogen) atoms. The molecule has 1 aliphatic heterocycles. The van der Waals surface area contributed by atoms with Gasteiger partial charge in [0.1, 0.15) is 11.8 Å². The average molecular weight is 429 g/mol. The molecule has 0 unspecified atom stereocenters. The largest absolute Gasteiger partial charge is 0.497 e. The zero-order valence-corrected chi connectivity index (χ0v) is 18.5. The first-order valence-electron chi connectivity index (χ1n) is 10.9. The number of hydrogen-bond acceptors (Lipinski definition) is 3. The number of carbonyl (C=O) groups excluding carboxylic acids is 2. The molecule has 0 aliphatic carbocycles. The molecule has 1 fully saturated rings. The number of methoxy groups -OCH3 is 1. The van der Waals surface area contributed by atoms with E-state index in [1.807, 2.05) is 91.9 Å². The van der Waals surface area contributed by atoms with Gasteiger partial charge >= 0.3 is 0 Å². The molecule has 3 aromatic rings. The smallest absolute Gasteiger partial charge is 0.250 e. The molecular formula is C27H28N2O3. The van der Waals surface area contributed by atoms with E-state index in [-0.39, 0.29) is 24.4 Å². The van der Waals surface area contributed by atoms with Crippen molar-refractivity contribution in [2.75, 3.05) is 20.2 Å². The normalized spacial score (nSPS) is 17.4. The van der Waals surface area contributed by atoms with E-state index in [9.17, 15) is 9.59 Å². The minimum atomic E-state index is -0.673. The first kappa shape index (κ1) is 21.6. The standard InChI is InChI=1S/C27H28N2O3/c1-20(22-11-7-4-8-12-22)29-25(30)19-28(18-17-21-9-5-3-6-10-21)27(31)26(29)23-13-15-24(32-2)16-14-23/h3-16,20,26H,17-19H2,1-2H3/t20-,26-/m0/s1. The maximum Gasteiger partial charge on any atom is 0.250 e. The lowest BCUT2D eigenvalue weighted by molar-refractivity contribution is -0.158. The fourth-order valence-corrected chi connectivity index (χ4v) is 4.28. The van der Waals surface area contributed by atoms with E-state index in [0.29, 0.717) is 18.7 Å². The van der Waals surface area contributed by atoms with Crippen molar-refractivity contribution in [3.05, 3.63) is 102 Å². The summed E-state index contributed by atoms with van der Waals surface area (Å²) < 4.78 is 5.28. The van der Waals surface area contributed by atoms with Gasteiger partial charge in [0.2, 0.25) is 5.91 Å². The van der Waals surface area contributed by atoms with Gasteiger partial charge in [-0.25, -0.2) is 0 Å². The van der Waals surface area contributed by atoms with Crippen LogP contribution in [-0.2, 0) is 16.0 Å². The Hall–Kier alpha value is -3.60. The van der Waals surface area contributed by atoms with Gasteiger partial charge < -0.3 is 14.5 Å². The fraction of sp³-hybridized carbons (Fsp3) is 0.259. The number of benzene rings is 3. The summed E-state index contributed by atoms with van der Waals surface area (Å²) in [5.74, 6) is 0.621. The second-order valence-corrected chi connectivity index (χ2v) is 8.06. The summed E-state index contributed by atoms with van der Waals surface area (Å²) in [4.78, 5) is 30.5. The number of nitrogens with zero attached hydrogens (tertiary/aromatic N) is 2. The van der Waals surface area contributed by atoms with Crippen LogP contribution in [0, 0.1) is 0 Å². The van der Waals surface area contributed by atoms with Crippen LogP contribution in [0.5, 0.6) is 5.75 Å². The number of hydrogen-bond donors (Lipinski definition) is 0. The second-order valence-electron chi connectivity index (χ2n) is 8.06. The fourth-order valence-electron chi connectivity index (χ4n) is 4.28. The van der Waals surface area contributed by atoms with Gasteiger partial charge in [0.15, 0.2) is 0 Å². The number of amides is 2. The molecule has 1 saturated heterocycles. The highest BCUT2D eigenvalue weighted by molar-refractivity contribution is 5.96. The highest BCUT2D eigenvalue weighted by Crippen LogP contribution is 2.35. The molecule has 0 aromatic heterocycles. The number of piperazine rings is 1. The number of carbonyl (C=O) groups is 2. The summed E-state index contributed by atoms with van der Waals surface area (Å²) in [6.45, 7) is 2.58. The zero-order valence-electron chi connectivity index (χ0n) is 18.5. The third kappa shape index (κ3) is 4.52. The number of rotatable bonds is 7. The minimum Gasteiger partial charge on any atom is -0.497 e. The molecule has 0 saturated carbocycles. The lowest BCUT2D eigenvalue weighted by Crippen LogP contribution is -2.56. The molecule has 0 radical (unpaired) electrons. The molecule has 0 N–H and O–H groups in total. The summed E-state index contributed by atoms with van der Waals surface area (Å²) in [6, 6.07) is 26.4. The molecule has 1 aliphatic rings. The summed E-state index contributed by atoms with van der Waals surface area (Å²) in [5.41, 5.74) is 2.94. The lowest BCUT2D eigenvalue weighted by Gasteiger charge is -2.43. The molecule has 0 bridgehead atoms. The molecule has 5 heteroatoms. The quantitative estimate of drug-likeness (QED) is 0.560. The highest BCUT2D eigenvalue weighted by atomic mass is 16.5. The number of ether oxygens (including phenoxy) is 1. The first-order chi connectivity index (χ1) is 15.6. The average Bonchev–Trinajstić information content (AvgIpc) is 2.85. The van der Waals surface area contributed by atoms with E-state index in [4.69, 9.17) is 4.74 Å². The van der Waals surface area contributed by atoms with Crippen molar-refractivity contribution in [1.29, 1.82) is 0 Å². The van der Waals surface area contributed by atoms with Crippen molar-refractivity contribution in [1.82, 2.24) is 9.80 Å². The molecule has 2 amide bonds. The second kappa shape index (κ2) is 9.69. The maximum atomic E-state index is 13.7. The van der Waals surface area contributed by atoms with Gasteiger partial charge in [-0.05, 0) is 42.2 Å². The van der Waals surface area contributed by atoms with Crippen LogP contribution >= 0.6 is 0 Å². The van der Waals surface area contributed by atoms with Gasteiger partial charge in [-0.2, -0.15) is 0 Å².